The SMILES string of the molecule is CCN(CC)C(=O)CN1CCCN(CCOc2cc(Cl)ccc2Cl)CC1. The molecule has 1 aliphatic heterocycles. The molecule has 1 heterocycles. The summed E-state index contributed by atoms with van der Waals surface area (Å²) in [6.45, 7) is 11.4. The van der Waals surface area contributed by atoms with Crippen LogP contribution in [0.5, 0.6) is 5.75 Å². The van der Waals surface area contributed by atoms with E-state index in [-0.39, 0.29) is 5.91 Å². The molecule has 0 N–H and O–H groups in total. The second kappa shape index (κ2) is 11.0. The van der Waals surface area contributed by atoms with Crippen molar-refractivity contribution in [3.05, 3.63) is 28.2 Å². The Hall–Kier alpha value is -1.01. The third kappa shape index (κ3) is 6.62. The van der Waals surface area contributed by atoms with E-state index in [1.165, 1.54) is 0 Å². The molecule has 0 aliphatic carbocycles. The summed E-state index contributed by atoms with van der Waals surface area (Å²) in [7, 11) is 0. The molecule has 7 heteroatoms. The monoisotopic (exact) mass is 401 g/mol. The van der Waals surface area contributed by atoms with Gasteiger partial charge < -0.3 is 9.64 Å². The third-order valence-electron chi connectivity index (χ3n) is 4.71. The van der Waals surface area contributed by atoms with Gasteiger partial charge in [-0.15, -0.1) is 0 Å². The Morgan fingerprint density at radius 1 is 1.12 bits per heavy atom. The molecule has 1 saturated heterocycles. The molecular weight excluding hydrogens is 373 g/mol. The largest absolute Gasteiger partial charge is 0.491 e. The second-order valence-corrected chi connectivity index (χ2v) is 7.30. The van der Waals surface area contributed by atoms with Gasteiger partial charge in [0.05, 0.1) is 11.6 Å². The number of benzene rings is 1. The Labute approximate surface area is 166 Å². The minimum absolute atomic E-state index is 0.224. The number of likely N-dealkylation sites (N-methyl/N-ethyl adjacent to an activating group) is 1. The van der Waals surface area contributed by atoms with Crippen molar-refractivity contribution in [2.45, 2.75) is 20.3 Å². The summed E-state index contributed by atoms with van der Waals surface area (Å²) in [6.07, 6.45) is 1.06. The van der Waals surface area contributed by atoms with E-state index in [1.807, 2.05) is 18.7 Å². The summed E-state index contributed by atoms with van der Waals surface area (Å²) in [6, 6.07) is 5.24. The first-order chi connectivity index (χ1) is 12.5. The van der Waals surface area contributed by atoms with Crippen LogP contribution in [0.4, 0.5) is 0 Å². The van der Waals surface area contributed by atoms with Crippen LogP contribution in [0.2, 0.25) is 10.0 Å². The van der Waals surface area contributed by atoms with Gasteiger partial charge in [-0.05, 0) is 45.5 Å². The van der Waals surface area contributed by atoms with Gasteiger partial charge >= 0.3 is 0 Å². The Balaban J connectivity index is 1.74. The summed E-state index contributed by atoms with van der Waals surface area (Å²) in [5.74, 6) is 0.850. The number of carbonyl (C=O) groups excluding carboxylic acids is 1. The van der Waals surface area contributed by atoms with Crippen molar-refractivity contribution < 1.29 is 9.53 Å². The van der Waals surface area contributed by atoms with E-state index in [1.54, 1.807) is 18.2 Å². The van der Waals surface area contributed by atoms with Gasteiger partial charge in [0.2, 0.25) is 5.91 Å². The Bertz CT molecular complexity index is 582. The van der Waals surface area contributed by atoms with E-state index < -0.39 is 0 Å². The van der Waals surface area contributed by atoms with Crippen LogP contribution in [0.3, 0.4) is 0 Å². The molecule has 0 aromatic heterocycles. The van der Waals surface area contributed by atoms with Crippen LogP contribution >= 0.6 is 23.2 Å². The highest BCUT2D eigenvalue weighted by Crippen LogP contribution is 2.27. The van der Waals surface area contributed by atoms with Crippen molar-refractivity contribution in [3.8, 4) is 5.75 Å². The van der Waals surface area contributed by atoms with Crippen molar-refractivity contribution in [2.24, 2.45) is 0 Å². The van der Waals surface area contributed by atoms with Gasteiger partial charge in [-0.2, -0.15) is 0 Å². The predicted octanol–water partition coefficient (Wildman–Crippen LogP) is 3.25. The summed E-state index contributed by atoms with van der Waals surface area (Å²) in [5, 5.41) is 1.19. The molecule has 0 radical (unpaired) electrons. The van der Waals surface area contributed by atoms with E-state index in [4.69, 9.17) is 27.9 Å². The average Bonchev–Trinajstić information content (AvgIpc) is 2.84. The fourth-order valence-electron chi connectivity index (χ4n) is 3.15. The van der Waals surface area contributed by atoms with E-state index in [9.17, 15) is 4.79 Å². The molecule has 0 spiro atoms. The number of hydrogen-bond donors (Lipinski definition) is 0. The van der Waals surface area contributed by atoms with Crippen molar-refractivity contribution in [2.75, 3.05) is 59.0 Å². The zero-order valence-corrected chi connectivity index (χ0v) is 17.2. The molecule has 1 amide bonds. The normalized spacial score (nSPS) is 16.3. The van der Waals surface area contributed by atoms with E-state index in [0.29, 0.717) is 28.9 Å². The third-order valence-corrected chi connectivity index (χ3v) is 5.26. The standard InChI is InChI=1S/C19H29Cl2N3O2/c1-3-24(4-2)19(25)15-23-9-5-8-22(10-11-23)12-13-26-18-14-16(20)6-7-17(18)21/h6-7,14H,3-5,8-13,15H2,1-2H3. The lowest BCUT2D eigenvalue weighted by Gasteiger charge is -2.25. The van der Waals surface area contributed by atoms with Gasteiger partial charge in [-0.1, -0.05) is 23.2 Å². The highest BCUT2D eigenvalue weighted by atomic mass is 35.5. The highest BCUT2D eigenvalue weighted by molar-refractivity contribution is 6.34. The minimum Gasteiger partial charge on any atom is -0.491 e. The highest BCUT2D eigenvalue weighted by Gasteiger charge is 2.19. The number of nitrogens with zero attached hydrogens (tertiary/aromatic N) is 3. The lowest BCUT2D eigenvalue weighted by Crippen LogP contribution is -2.41. The first kappa shape index (κ1) is 21.3. The number of rotatable bonds is 8. The molecule has 0 saturated carbocycles. The summed E-state index contributed by atoms with van der Waals surface area (Å²) >= 11 is 12.1. The van der Waals surface area contributed by atoms with Crippen LogP contribution in [0.1, 0.15) is 20.3 Å². The Morgan fingerprint density at radius 3 is 2.54 bits per heavy atom. The topological polar surface area (TPSA) is 36.0 Å². The molecule has 2 rings (SSSR count). The molecule has 1 aliphatic rings. The molecule has 1 aromatic rings. The fraction of sp³-hybridized carbons (Fsp3) is 0.632. The van der Waals surface area contributed by atoms with E-state index >= 15 is 0 Å². The van der Waals surface area contributed by atoms with Crippen molar-refractivity contribution >= 4 is 29.1 Å². The van der Waals surface area contributed by atoms with Crippen LogP contribution < -0.4 is 4.74 Å². The smallest absolute Gasteiger partial charge is 0.236 e. The molecule has 5 nitrogen and oxygen atoms in total. The summed E-state index contributed by atoms with van der Waals surface area (Å²) < 4.78 is 5.78. The van der Waals surface area contributed by atoms with Gasteiger partial charge in [-0.25, -0.2) is 0 Å². The average molecular weight is 402 g/mol. The molecule has 26 heavy (non-hydrogen) atoms. The van der Waals surface area contributed by atoms with Crippen LogP contribution in [0.25, 0.3) is 0 Å². The van der Waals surface area contributed by atoms with Crippen LogP contribution in [-0.2, 0) is 4.79 Å². The quantitative estimate of drug-likeness (QED) is 0.669. The van der Waals surface area contributed by atoms with Gasteiger partial charge in [0.15, 0.2) is 0 Å². The molecule has 146 valence electrons. The van der Waals surface area contributed by atoms with Crippen LogP contribution in [0, 0.1) is 0 Å². The molecular formula is C19H29Cl2N3O2. The fourth-order valence-corrected chi connectivity index (χ4v) is 3.48. The summed E-state index contributed by atoms with van der Waals surface area (Å²) in [4.78, 5) is 18.8. The molecule has 0 bridgehead atoms. The lowest BCUT2D eigenvalue weighted by molar-refractivity contribution is -0.132. The molecule has 0 unspecified atom stereocenters. The maximum atomic E-state index is 12.3. The van der Waals surface area contributed by atoms with Crippen molar-refractivity contribution in [1.82, 2.24) is 14.7 Å². The number of carbonyl (C=O) groups is 1. The molecule has 1 fully saturated rings. The maximum Gasteiger partial charge on any atom is 0.236 e. The summed E-state index contributed by atoms with van der Waals surface area (Å²) in [5.41, 5.74) is 0. The van der Waals surface area contributed by atoms with Crippen molar-refractivity contribution in [3.63, 3.8) is 0 Å². The Kier molecular flexibility index (Phi) is 8.99. The van der Waals surface area contributed by atoms with E-state index in [0.717, 1.165) is 52.2 Å². The van der Waals surface area contributed by atoms with Gasteiger partial charge in [0.1, 0.15) is 12.4 Å². The van der Waals surface area contributed by atoms with E-state index in [2.05, 4.69) is 9.80 Å². The first-order valence-electron chi connectivity index (χ1n) is 9.33. The minimum atomic E-state index is 0.224. The molecule has 0 atom stereocenters. The molecule has 1 aromatic carbocycles. The van der Waals surface area contributed by atoms with Crippen LogP contribution in [0.15, 0.2) is 18.2 Å². The zero-order chi connectivity index (χ0) is 18.9. The lowest BCUT2D eigenvalue weighted by atomic mass is 10.3. The van der Waals surface area contributed by atoms with Crippen LogP contribution in [-0.4, -0.2) is 79.6 Å². The first-order valence-corrected chi connectivity index (χ1v) is 10.1. The van der Waals surface area contributed by atoms with Gasteiger partial charge in [0.25, 0.3) is 0 Å². The predicted molar refractivity (Wildman–Crippen MR) is 107 cm³/mol. The Morgan fingerprint density at radius 2 is 1.81 bits per heavy atom. The number of hydrogen-bond acceptors (Lipinski definition) is 4. The number of halogens is 2. The zero-order valence-electron chi connectivity index (χ0n) is 15.7. The van der Waals surface area contributed by atoms with Gasteiger partial charge in [0, 0.05) is 43.8 Å². The second-order valence-electron chi connectivity index (χ2n) is 6.46. The van der Waals surface area contributed by atoms with Crippen molar-refractivity contribution in [1.29, 1.82) is 0 Å². The maximum absolute atomic E-state index is 12.3. The number of amides is 1. The number of ether oxygens (including phenoxy) is 1. The van der Waals surface area contributed by atoms with Gasteiger partial charge in [-0.3, -0.25) is 14.6 Å².